The van der Waals surface area contributed by atoms with Gasteiger partial charge in [0, 0.05) is 18.2 Å². The third kappa shape index (κ3) is 5.41. The molecule has 0 saturated carbocycles. The molecular formula is C21H21N3O5. The highest BCUT2D eigenvalue weighted by atomic mass is 16.5. The summed E-state index contributed by atoms with van der Waals surface area (Å²) < 4.78 is 9.92. The maximum Gasteiger partial charge on any atom is 0.308 e. The van der Waals surface area contributed by atoms with Gasteiger partial charge in [-0.05, 0) is 36.8 Å². The number of aryl methyl sites for hydroxylation is 1. The second-order valence-electron chi connectivity index (χ2n) is 6.51. The zero-order valence-electron chi connectivity index (χ0n) is 16.1. The van der Waals surface area contributed by atoms with Crippen LogP contribution >= 0.6 is 0 Å². The fourth-order valence-corrected chi connectivity index (χ4v) is 2.67. The summed E-state index contributed by atoms with van der Waals surface area (Å²) in [4.78, 5) is 36.2. The largest absolute Gasteiger partial charge is 0.452 e. The van der Waals surface area contributed by atoms with E-state index in [1.54, 1.807) is 25.1 Å². The number of ether oxygens (including phenoxy) is 1. The van der Waals surface area contributed by atoms with Crippen LogP contribution in [0.3, 0.4) is 0 Å². The van der Waals surface area contributed by atoms with E-state index in [0.29, 0.717) is 11.3 Å². The molecule has 1 unspecified atom stereocenters. The van der Waals surface area contributed by atoms with E-state index in [4.69, 9.17) is 9.26 Å². The number of esters is 1. The minimum absolute atomic E-state index is 0.0555. The van der Waals surface area contributed by atoms with E-state index in [-0.39, 0.29) is 24.7 Å². The minimum atomic E-state index is -1.00. The van der Waals surface area contributed by atoms with Crippen molar-refractivity contribution in [2.45, 2.75) is 26.4 Å². The summed E-state index contributed by atoms with van der Waals surface area (Å²) in [6.45, 7) is 3.24. The number of hydrogen-bond acceptors (Lipinski definition) is 6. The van der Waals surface area contributed by atoms with E-state index < -0.39 is 18.0 Å². The Balaban J connectivity index is 1.43. The molecule has 8 heteroatoms. The Hall–Kier alpha value is -3.68. The van der Waals surface area contributed by atoms with Crippen LogP contribution in [0, 0.1) is 6.92 Å². The van der Waals surface area contributed by atoms with Gasteiger partial charge >= 0.3 is 5.97 Å². The van der Waals surface area contributed by atoms with Crippen molar-refractivity contribution in [2.24, 2.45) is 0 Å². The molecule has 29 heavy (non-hydrogen) atoms. The molecule has 0 bridgehead atoms. The molecule has 0 saturated heterocycles. The predicted octanol–water partition coefficient (Wildman–Crippen LogP) is 2.83. The van der Waals surface area contributed by atoms with Crippen molar-refractivity contribution in [3.05, 3.63) is 59.9 Å². The average Bonchev–Trinajstić information content (AvgIpc) is 3.11. The average molecular weight is 395 g/mol. The molecule has 1 atom stereocenters. The Labute approximate surface area is 167 Å². The van der Waals surface area contributed by atoms with Crippen molar-refractivity contribution in [2.75, 3.05) is 11.9 Å². The monoisotopic (exact) mass is 395 g/mol. The molecule has 2 N–H and O–H groups in total. The Morgan fingerprint density at radius 1 is 1.10 bits per heavy atom. The van der Waals surface area contributed by atoms with Gasteiger partial charge in [0.1, 0.15) is 5.76 Å². The molecule has 3 aromatic rings. The van der Waals surface area contributed by atoms with E-state index in [9.17, 15) is 14.4 Å². The number of nitrogens with zero attached hydrogens (tertiary/aromatic N) is 1. The van der Waals surface area contributed by atoms with Gasteiger partial charge in [0.2, 0.25) is 0 Å². The second kappa shape index (κ2) is 9.01. The van der Waals surface area contributed by atoms with Gasteiger partial charge in [0.25, 0.3) is 11.8 Å². The highest BCUT2D eigenvalue weighted by Crippen LogP contribution is 2.15. The zero-order valence-corrected chi connectivity index (χ0v) is 16.1. The molecule has 2 aromatic carbocycles. The van der Waals surface area contributed by atoms with Crippen LogP contribution < -0.4 is 10.6 Å². The standard InChI is InChI=1S/C21H21N3O5/c1-13-11-18(24-29-13)23-20(26)14(2)28-19(25)9-10-22-21(27)17-8-7-15-5-3-4-6-16(15)12-17/h3-8,11-12,14H,9-10H2,1-2H3,(H,22,27)(H,23,24,26). The molecule has 0 spiro atoms. The lowest BCUT2D eigenvalue weighted by molar-refractivity contribution is -0.153. The fraction of sp³-hybridized carbons (Fsp3) is 0.238. The molecule has 0 aliphatic carbocycles. The van der Waals surface area contributed by atoms with E-state index in [1.807, 2.05) is 30.3 Å². The molecule has 1 heterocycles. The summed E-state index contributed by atoms with van der Waals surface area (Å²) in [5.74, 6) is -0.601. The number of carbonyl (C=O) groups excluding carboxylic acids is 3. The Morgan fingerprint density at radius 3 is 2.59 bits per heavy atom. The first kappa shape index (κ1) is 20.1. The van der Waals surface area contributed by atoms with Crippen LogP contribution in [0.15, 0.2) is 53.1 Å². The van der Waals surface area contributed by atoms with Crippen LogP contribution in [-0.2, 0) is 14.3 Å². The van der Waals surface area contributed by atoms with Crippen molar-refractivity contribution >= 4 is 34.4 Å². The SMILES string of the molecule is Cc1cc(NC(=O)C(C)OC(=O)CCNC(=O)c2ccc3ccccc3c2)no1. The Kier molecular flexibility index (Phi) is 6.23. The number of rotatable bonds is 7. The molecule has 150 valence electrons. The lowest BCUT2D eigenvalue weighted by atomic mass is 10.1. The van der Waals surface area contributed by atoms with Crippen LogP contribution in [-0.4, -0.2) is 35.6 Å². The molecule has 2 amide bonds. The van der Waals surface area contributed by atoms with Crippen LogP contribution in [0.5, 0.6) is 0 Å². The lowest BCUT2D eigenvalue weighted by Gasteiger charge is -2.12. The number of fused-ring (bicyclic) bond motifs is 1. The van der Waals surface area contributed by atoms with Crippen molar-refractivity contribution in [3.8, 4) is 0 Å². The van der Waals surface area contributed by atoms with Gasteiger partial charge in [0.05, 0.1) is 6.42 Å². The number of anilines is 1. The molecule has 0 aliphatic rings. The normalized spacial score (nSPS) is 11.7. The quantitative estimate of drug-likeness (QED) is 0.595. The summed E-state index contributed by atoms with van der Waals surface area (Å²) in [5.41, 5.74) is 0.507. The van der Waals surface area contributed by atoms with Crippen molar-refractivity contribution in [1.29, 1.82) is 0 Å². The zero-order chi connectivity index (χ0) is 20.8. The summed E-state index contributed by atoms with van der Waals surface area (Å²) >= 11 is 0. The van der Waals surface area contributed by atoms with Gasteiger partial charge in [0.15, 0.2) is 11.9 Å². The number of benzene rings is 2. The lowest BCUT2D eigenvalue weighted by Crippen LogP contribution is -2.32. The van der Waals surface area contributed by atoms with Crippen LogP contribution in [0.1, 0.15) is 29.5 Å². The molecular weight excluding hydrogens is 374 g/mol. The molecule has 3 rings (SSSR count). The van der Waals surface area contributed by atoms with Crippen molar-refractivity contribution in [1.82, 2.24) is 10.5 Å². The van der Waals surface area contributed by atoms with E-state index in [1.165, 1.54) is 6.92 Å². The summed E-state index contributed by atoms with van der Waals surface area (Å²) in [6, 6.07) is 14.7. The third-order valence-electron chi connectivity index (χ3n) is 4.18. The van der Waals surface area contributed by atoms with Gasteiger partial charge in [-0.2, -0.15) is 0 Å². The van der Waals surface area contributed by atoms with E-state index in [0.717, 1.165) is 10.8 Å². The summed E-state index contributed by atoms with van der Waals surface area (Å²) in [7, 11) is 0. The van der Waals surface area contributed by atoms with Crippen molar-refractivity contribution in [3.63, 3.8) is 0 Å². The van der Waals surface area contributed by atoms with Gasteiger partial charge in [-0.15, -0.1) is 0 Å². The molecule has 0 radical (unpaired) electrons. The number of aromatic nitrogens is 1. The Morgan fingerprint density at radius 2 is 1.86 bits per heavy atom. The highest BCUT2D eigenvalue weighted by Gasteiger charge is 2.19. The van der Waals surface area contributed by atoms with Crippen LogP contribution in [0.4, 0.5) is 5.82 Å². The van der Waals surface area contributed by atoms with Crippen LogP contribution in [0.25, 0.3) is 10.8 Å². The van der Waals surface area contributed by atoms with Crippen LogP contribution in [0.2, 0.25) is 0 Å². The summed E-state index contributed by atoms with van der Waals surface area (Å²) in [6.07, 6.45) is -1.06. The Bertz CT molecular complexity index is 1040. The smallest absolute Gasteiger partial charge is 0.308 e. The molecule has 8 nitrogen and oxygen atoms in total. The van der Waals surface area contributed by atoms with Gasteiger partial charge in [-0.25, -0.2) is 0 Å². The number of amides is 2. The van der Waals surface area contributed by atoms with E-state index >= 15 is 0 Å². The predicted molar refractivity (Wildman–Crippen MR) is 106 cm³/mol. The van der Waals surface area contributed by atoms with Gasteiger partial charge in [-0.1, -0.05) is 35.5 Å². The second-order valence-corrected chi connectivity index (χ2v) is 6.51. The number of hydrogen-bond donors (Lipinski definition) is 2. The molecule has 0 fully saturated rings. The first-order valence-electron chi connectivity index (χ1n) is 9.13. The minimum Gasteiger partial charge on any atom is -0.452 e. The van der Waals surface area contributed by atoms with Gasteiger partial charge in [-0.3, -0.25) is 14.4 Å². The van der Waals surface area contributed by atoms with E-state index in [2.05, 4.69) is 15.8 Å². The maximum absolute atomic E-state index is 12.3. The topological polar surface area (TPSA) is 111 Å². The molecule has 1 aromatic heterocycles. The van der Waals surface area contributed by atoms with Gasteiger partial charge < -0.3 is 19.9 Å². The fourth-order valence-electron chi connectivity index (χ4n) is 2.67. The highest BCUT2D eigenvalue weighted by molar-refractivity contribution is 5.98. The molecule has 0 aliphatic heterocycles. The maximum atomic E-state index is 12.3. The first-order chi connectivity index (χ1) is 13.9. The number of nitrogens with one attached hydrogen (secondary N) is 2. The summed E-state index contributed by atoms with van der Waals surface area (Å²) in [5, 5.41) is 10.8. The van der Waals surface area contributed by atoms with Crippen molar-refractivity contribution < 1.29 is 23.6 Å². The first-order valence-corrected chi connectivity index (χ1v) is 9.13. The third-order valence-corrected chi connectivity index (χ3v) is 4.18. The number of carbonyl (C=O) groups is 3.